The lowest BCUT2D eigenvalue weighted by Gasteiger charge is -2.39. The minimum Gasteiger partial charge on any atom is -0.330 e. The molecule has 0 spiro atoms. The Kier molecular flexibility index (Phi) is 1.99. The van der Waals surface area contributed by atoms with Crippen LogP contribution in [0, 0.1) is 10.1 Å². The van der Waals surface area contributed by atoms with Gasteiger partial charge < -0.3 is 5.73 Å². The summed E-state index contributed by atoms with van der Waals surface area (Å²) in [4.78, 5) is 10.3. The second kappa shape index (κ2) is 3.06. The monoisotopic (exact) mass is 196 g/mol. The van der Waals surface area contributed by atoms with Crippen LogP contribution in [0.2, 0.25) is 0 Å². The van der Waals surface area contributed by atoms with Gasteiger partial charge in [0.15, 0.2) is 0 Å². The molecule has 1 fully saturated rings. The standard InChI is InChI=1S/C8H12N4O2/c9-5-8(2-1-3-8)7-6(12(13)14)4-10-11-7/h4H,1-3,5,9H2,(H,10,11). The van der Waals surface area contributed by atoms with Crippen LogP contribution < -0.4 is 5.73 Å². The minimum absolute atomic E-state index is 0.0650. The zero-order valence-electron chi connectivity index (χ0n) is 7.69. The highest BCUT2D eigenvalue weighted by molar-refractivity contribution is 5.40. The molecular formula is C8H12N4O2. The van der Waals surface area contributed by atoms with Gasteiger partial charge in [-0.25, -0.2) is 0 Å². The number of hydrogen-bond acceptors (Lipinski definition) is 4. The molecule has 1 aromatic rings. The van der Waals surface area contributed by atoms with Crippen LogP contribution in [-0.2, 0) is 5.41 Å². The van der Waals surface area contributed by atoms with E-state index in [-0.39, 0.29) is 11.1 Å². The smallest absolute Gasteiger partial charge is 0.310 e. The van der Waals surface area contributed by atoms with Gasteiger partial charge >= 0.3 is 5.69 Å². The van der Waals surface area contributed by atoms with Crippen LogP contribution in [0.1, 0.15) is 25.0 Å². The van der Waals surface area contributed by atoms with Crippen molar-refractivity contribution >= 4 is 5.69 Å². The van der Waals surface area contributed by atoms with Gasteiger partial charge in [-0.05, 0) is 12.8 Å². The maximum absolute atomic E-state index is 10.7. The molecule has 0 amide bonds. The normalized spacial score (nSPS) is 18.9. The van der Waals surface area contributed by atoms with E-state index < -0.39 is 4.92 Å². The van der Waals surface area contributed by atoms with Crippen molar-refractivity contribution in [2.24, 2.45) is 5.73 Å². The molecule has 1 aliphatic carbocycles. The molecule has 0 bridgehead atoms. The van der Waals surface area contributed by atoms with E-state index in [4.69, 9.17) is 5.73 Å². The predicted octanol–water partition coefficient (Wildman–Crippen LogP) is 0.698. The molecule has 1 saturated carbocycles. The van der Waals surface area contributed by atoms with E-state index in [1.165, 1.54) is 6.20 Å². The lowest BCUT2D eigenvalue weighted by Crippen LogP contribution is -2.42. The number of aromatic amines is 1. The third-order valence-electron chi connectivity index (χ3n) is 3.05. The van der Waals surface area contributed by atoms with Gasteiger partial charge in [0.05, 0.1) is 4.92 Å². The molecule has 0 saturated heterocycles. The summed E-state index contributed by atoms with van der Waals surface area (Å²) in [6.45, 7) is 0.441. The molecule has 76 valence electrons. The van der Waals surface area contributed by atoms with Gasteiger partial charge in [0.1, 0.15) is 11.9 Å². The number of rotatable bonds is 3. The molecule has 6 nitrogen and oxygen atoms in total. The Morgan fingerprint density at radius 2 is 2.43 bits per heavy atom. The SMILES string of the molecule is NCC1(c2[nH]ncc2[N+](=O)[O-])CCC1. The molecule has 1 heterocycles. The summed E-state index contributed by atoms with van der Waals surface area (Å²) >= 11 is 0. The number of nitrogens with two attached hydrogens (primary N) is 1. The van der Waals surface area contributed by atoms with Crippen molar-refractivity contribution in [3.63, 3.8) is 0 Å². The lowest BCUT2D eigenvalue weighted by atomic mass is 9.66. The summed E-state index contributed by atoms with van der Waals surface area (Å²) in [5.41, 5.74) is 6.09. The summed E-state index contributed by atoms with van der Waals surface area (Å²) in [7, 11) is 0. The predicted molar refractivity (Wildman–Crippen MR) is 49.8 cm³/mol. The summed E-state index contributed by atoms with van der Waals surface area (Å²) < 4.78 is 0. The van der Waals surface area contributed by atoms with E-state index in [1.807, 2.05) is 0 Å². The van der Waals surface area contributed by atoms with Crippen molar-refractivity contribution in [2.75, 3.05) is 6.54 Å². The topological polar surface area (TPSA) is 97.8 Å². The molecule has 0 unspecified atom stereocenters. The minimum atomic E-state index is -0.408. The Hall–Kier alpha value is -1.43. The van der Waals surface area contributed by atoms with Gasteiger partial charge in [-0.3, -0.25) is 15.2 Å². The van der Waals surface area contributed by atoms with Crippen molar-refractivity contribution in [1.82, 2.24) is 10.2 Å². The zero-order valence-corrected chi connectivity index (χ0v) is 7.69. The highest BCUT2D eigenvalue weighted by Crippen LogP contribution is 2.44. The number of nitrogens with one attached hydrogen (secondary N) is 1. The molecule has 0 aliphatic heterocycles. The third-order valence-corrected chi connectivity index (χ3v) is 3.05. The maximum atomic E-state index is 10.7. The summed E-state index contributed by atoms with van der Waals surface area (Å²) in [5.74, 6) is 0. The number of nitrogens with zero attached hydrogens (tertiary/aromatic N) is 2. The van der Waals surface area contributed by atoms with Crippen LogP contribution in [0.15, 0.2) is 6.20 Å². The van der Waals surface area contributed by atoms with E-state index in [1.54, 1.807) is 0 Å². The average molecular weight is 196 g/mol. The van der Waals surface area contributed by atoms with Crippen LogP contribution in [0.25, 0.3) is 0 Å². The Bertz CT molecular complexity index is 350. The molecule has 0 aromatic carbocycles. The Labute approximate surface area is 80.6 Å². The molecule has 14 heavy (non-hydrogen) atoms. The average Bonchev–Trinajstić information content (AvgIpc) is 2.52. The highest BCUT2D eigenvalue weighted by Gasteiger charge is 2.43. The fourth-order valence-electron chi connectivity index (χ4n) is 1.97. The van der Waals surface area contributed by atoms with Gasteiger partial charge in [-0.2, -0.15) is 5.10 Å². The molecule has 0 atom stereocenters. The first-order valence-electron chi connectivity index (χ1n) is 4.58. The second-order valence-electron chi connectivity index (χ2n) is 3.73. The van der Waals surface area contributed by atoms with Crippen LogP contribution >= 0.6 is 0 Å². The second-order valence-corrected chi connectivity index (χ2v) is 3.73. The number of H-pyrrole nitrogens is 1. The van der Waals surface area contributed by atoms with Crippen molar-refractivity contribution < 1.29 is 4.92 Å². The molecule has 6 heteroatoms. The van der Waals surface area contributed by atoms with Gasteiger partial charge in [0, 0.05) is 12.0 Å². The number of hydrogen-bond donors (Lipinski definition) is 2. The maximum Gasteiger partial charge on any atom is 0.310 e. The molecular weight excluding hydrogens is 184 g/mol. The van der Waals surface area contributed by atoms with E-state index in [0.29, 0.717) is 12.2 Å². The summed E-state index contributed by atoms with van der Waals surface area (Å²) in [5, 5.41) is 17.1. The quantitative estimate of drug-likeness (QED) is 0.549. The van der Waals surface area contributed by atoms with Gasteiger partial charge in [-0.1, -0.05) is 6.42 Å². The van der Waals surface area contributed by atoms with Crippen LogP contribution in [0.5, 0.6) is 0 Å². The molecule has 1 aromatic heterocycles. The van der Waals surface area contributed by atoms with Crippen molar-refractivity contribution in [3.05, 3.63) is 22.0 Å². The van der Waals surface area contributed by atoms with Crippen molar-refractivity contribution in [3.8, 4) is 0 Å². The zero-order chi connectivity index (χ0) is 10.2. The van der Waals surface area contributed by atoms with Crippen molar-refractivity contribution in [1.29, 1.82) is 0 Å². The molecule has 1 aliphatic rings. The van der Waals surface area contributed by atoms with Gasteiger partial charge in [0.25, 0.3) is 0 Å². The van der Waals surface area contributed by atoms with E-state index in [2.05, 4.69) is 10.2 Å². The number of nitro groups is 1. The van der Waals surface area contributed by atoms with Crippen LogP contribution in [0.3, 0.4) is 0 Å². The lowest BCUT2D eigenvalue weighted by molar-refractivity contribution is -0.386. The van der Waals surface area contributed by atoms with Crippen LogP contribution in [0.4, 0.5) is 5.69 Å². The third kappa shape index (κ3) is 1.11. The molecule has 0 radical (unpaired) electrons. The van der Waals surface area contributed by atoms with Gasteiger partial charge in [-0.15, -0.1) is 0 Å². The van der Waals surface area contributed by atoms with E-state index in [0.717, 1.165) is 19.3 Å². The Morgan fingerprint density at radius 3 is 2.86 bits per heavy atom. The van der Waals surface area contributed by atoms with Crippen molar-refractivity contribution in [2.45, 2.75) is 24.7 Å². The first kappa shape index (κ1) is 9.14. The van der Waals surface area contributed by atoms with E-state index >= 15 is 0 Å². The molecule has 3 N–H and O–H groups in total. The first-order valence-corrected chi connectivity index (χ1v) is 4.58. The fourth-order valence-corrected chi connectivity index (χ4v) is 1.97. The summed E-state index contributed by atoms with van der Waals surface area (Å²) in [6, 6.07) is 0. The Morgan fingerprint density at radius 1 is 1.71 bits per heavy atom. The van der Waals surface area contributed by atoms with Gasteiger partial charge in [0.2, 0.25) is 0 Å². The first-order chi connectivity index (χ1) is 6.69. The highest BCUT2D eigenvalue weighted by atomic mass is 16.6. The fraction of sp³-hybridized carbons (Fsp3) is 0.625. The Balaban J connectivity index is 2.39. The van der Waals surface area contributed by atoms with E-state index in [9.17, 15) is 10.1 Å². The van der Waals surface area contributed by atoms with Crippen LogP contribution in [-0.4, -0.2) is 21.7 Å². The number of aromatic nitrogens is 2. The molecule has 2 rings (SSSR count). The summed E-state index contributed by atoms with van der Waals surface area (Å²) in [6.07, 6.45) is 4.15. The largest absolute Gasteiger partial charge is 0.330 e.